The third-order valence-corrected chi connectivity index (χ3v) is 7.54. The highest BCUT2D eigenvalue weighted by atomic mass is 32.2. The molecule has 3 aromatic rings. The Balaban J connectivity index is 1.90. The van der Waals surface area contributed by atoms with Crippen LogP contribution < -0.4 is 10.9 Å². The van der Waals surface area contributed by atoms with E-state index in [1.165, 1.54) is 34.2 Å². The van der Waals surface area contributed by atoms with Crippen LogP contribution in [-0.4, -0.2) is 27.8 Å². The Morgan fingerprint density at radius 3 is 2.79 bits per heavy atom. The predicted molar refractivity (Wildman–Crippen MR) is 121 cm³/mol. The average Bonchev–Trinajstić information content (AvgIpc) is 3.07. The van der Waals surface area contributed by atoms with E-state index in [1.807, 2.05) is 32.0 Å². The van der Waals surface area contributed by atoms with Crippen molar-refractivity contribution in [2.24, 2.45) is 0 Å². The Bertz CT molecular complexity index is 1150. The maximum Gasteiger partial charge on any atom is 0.267 e. The van der Waals surface area contributed by atoms with Crippen molar-refractivity contribution in [2.75, 3.05) is 12.3 Å². The molecule has 0 atom stereocenters. The van der Waals surface area contributed by atoms with E-state index in [1.54, 1.807) is 15.9 Å². The van der Waals surface area contributed by atoms with Gasteiger partial charge in [0.05, 0.1) is 16.8 Å². The zero-order valence-corrected chi connectivity index (χ0v) is 18.6. The average molecular weight is 428 g/mol. The lowest BCUT2D eigenvalue weighted by Gasteiger charge is -2.14. The smallest absolute Gasteiger partial charge is 0.267 e. The van der Waals surface area contributed by atoms with Gasteiger partial charge in [-0.2, -0.15) is 0 Å². The number of benzene rings is 1. The molecule has 0 bridgehead atoms. The van der Waals surface area contributed by atoms with Crippen molar-refractivity contribution in [1.82, 2.24) is 14.9 Å². The highest BCUT2D eigenvalue weighted by Crippen LogP contribution is 2.35. The second-order valence-corrected chi connectivity index (χ2v) is 9.46. The lowest BCUT2D eigenvalue weighted by atomic mass is 9.97. The monoisotopic (exact) mass is 427 g/mol. The van der Waals surface area contributed by atoms with Crippen LogP contribution in [-0.2, 0) is 17.6 Å². The quantitative estimate of drug-likeness (QED) is 0.490. The summed E-state index contributed by atoms with van der Waals surface area (Å²) in [5.41, 5.74) is 4.28. The molecule has 5 nitrogen and oxygen atoms in total. The Morgan fingerprint density at radius 1 is 1.24 bits per heavy atom. The Morgan fingerprint density at radius 2 is 2.03 bits per heavy atom. The number of nitrogens with zero attached hydrogens (tertiary/aromatic N) is 2. The molecule has 1 amide bonds. The van der Waals surface area contributed by atoms with Crippen LogP contribution in [0.15, 0.2) is 28.2 Å². The molecule has 29 heavy (non-hydrogen) atoms. The second kappa shape index (κ2) is 8.32. The van der Waals surface area contributed by atoms with Gasteiger partial charge in [-0.1, -0.05) is 17.8 Å². The van der Waals surface area contributed by atoms with Crippen LogP contribution in [0.25, 0.3) is 15.9 Å². The van der Waals surface area contributed by atoms with E-state index in [0.29, 0.717) is 11.7 Å². The number of hydrogen-bond acceptors (Lipinski definition) is 5. The summed E-state index contributed by atoms with van der Waals surface area (Å²) in [5, 5.41) is 4.16. The number of thioether (sulfide) groups is 1. The van der Waals surface area contributed by atoms with Gasteiger partial charge in [-0.25, -0.2) is 4.98 Å². The van der Waals surface area contributed by atoms with Crippen molar-refractivity contribution in [3.8, 4) is 5.69 Å². The molecule has 4 rings (SSSR count). The third-order valence-electron chi connectivity index (χ3n) is 5.41. The first-order valence-corrected chi connectivity index (χ1v) is 11.8. The zero-order chi connectivity index (χ0) is 20.5. The summed E-state index contributed by atoms with van der Waals surface area (Å²) >= 11 is 2.97. The molecule has 1 aromatic carbocycles. The summed E-state index contributed by atoms with van der Waals surface area (Å²) < 4.78 is 1.69. The van der Waals surface area contributed by atoms with Crippen LogP contribution in [0.1, 0.15) is 41.3 Å². The van der Waals surface area contributed by atoms with Gasteiger partial charge in [-0.05, 0) is 75.3 Å². The van der Waals surface area contributed by atoms with Gasteiger partial charge in [-0.15, -0.1) is 11.3 Å². The first-order chi connectivity index (χ1) is 14.0. The molecule has 0 unspecified atom stereocenters. The summed E-state index contributed by atoms with van der Waals surface area (Å²) in [7, 11) is 0. The van der Waals surface area contributed by atoms with Crippen molar-refractivity contribution in [3.63, 3.8) is 0 Å². The number of nitrogens with one attached hydrogen (secondary N) is 1. The number of carbonyl (C=O) groups excluding carboxylic acids is 1. The highest BCUT2D eigenvalue weighted by Gasteiger charge is 2.23. The standard InChI is InChI=1S/C22H25N3O2S2/c1-4-23-18(26)12-28-22-24-20-19(16-7-5-6-8-17(16)29-20)21(27)25(22)15-10-9-13(2)14(3)11-15/h9-11H,4-8,12H2,1-3H3,(H,23,26). The Labute approximate surface area is 178 Å². The fraction of sp³-hybridized carbons (Fsp3) is 0.409. The molecule has 0 aliphatic heterocycles. The number of rotatable bonds is 5. The summed E-state index contributed by atoms with van der Waals surface area (Å²) in [6.07, 6.45) is 4.27. The molecule has 1 N–H and O–H groups in total. The minimum absolute atomic E-state index is 0.0175. The first-order valence-electron chi connectivity index (χ1n) is 10.0. The molecule has 2 aromatic heterocycles. The number of carbonyl (C=O) groups is 1. The van der Waals surface area contributed by atoms with E-state index >= 15 is 0 Å². The fourth-order valence-electron chi connectivity index (χ4n) is 3.75. The maximum atomic E-state index is 13.7. The second-order valence-electron chi connectivity index (χ2n) is 7.44. The molecular weight excluding hydrogens is 402 g/mol. The Hall–Kier alpha value is -2.12. The van der Waals surface area contributed by atoms with Gasteiger partial charge < -0.3 is 5.32 Å². The lowest BCUT2D eigenvalue weighted by molar-refractivity contribution is -0.118. The van der Waals surface area contributed by atoms with Crippen LogP contribution in [0.5, 0.6) is 0 Å². The highest BCUT2D eigenvalue weighted by molar-refractivity contribution is 7.99. The van der Waals surface area contributed by atoms with E-state index < -0.39 is 0 Å². The van der Waals surface area contributed by atoms with Crippen LogP contribution in [0.3, 0.4) is 0 Å². The van der Waals surface area contributed by atoms with Gasteiger partial charge in [0.25, 0.3) is 5.56 Å². The summed E-state index contributed by atoms with van der Waals surface area (Å²) in [5.74, 6) is 0.186. The fourth-order valence-corrected chi connectivity index (χ4v) is 5.90. The summed E-state index contributed by atoms with van der Waals surface area (Å²) in [6.45, 7) is 6.59. The maximum absolute atomic E-state index is 13.7. The van der Waals surface area contributed by atoms with Crippen molar-refractivity contribution in [3.05, 3.63) is 50.1 Å². The van der Waals surface area contributed by atoms with E-state index in [9.17, 15) is 9.59 Å². The van der Waals surface area contributed by atoms with Gasteiger partial charge in [-0.3, -0.25) is 14.2 Å². The molecule has 0 saturated carbocycles. The van der Waals surface area contributed by atoms with Crippen LogP contribution >= 0.6 is 23.1 Å². The number of thiophene rings is 1. The lowest BCUT2D eigenvalue weighted by Crippen LogP contribution is -2.26. The molecule has 0 radical (unpaired) electrons. The molecule has 0 saturated heterocycles. The van der Waals surface area contributed by atoms with Crippen LogP contribution in [0.2, 0.25) is 0 Å². The molecule has 7 heteroatoms. The predicted octanol–water partition coefficient (Wildman–Crippen LogP) is 4.17. The molecule has 1 aliphatic rings. The minimum atomic E-state index is -0.0519. The number of aromatic nitrogens is 2. The van der Waals surface area contributed by atoms with Crippen molar-refractivity contribution in [1.29, 1.82) is 0 Å². The van der Waals surface area contributed by atoms with E-state index in [2.05, 4.69) is 12.2 Å². The molecule has 0 spiro atoms. The third kappa shape index (κ3) is 3.85. The van der Waals surface area contributed by atoms with Gasteiger partial charge >= 0.3 is 0 Å². The summed E-state index contributed by atoms with van der Waals surface area (Å²) in [4.78, 5) is 32.7. The van der Waals surface area contributed by atoms with Gasteiger partial charge in [0, 0.05) is 11.4 Å². The van der Waals surface area contributed by atoms with Crippen LogP contribution in [0.4, 0.5) is 0 Å². The number of fused-ring (bicyclic) bond motifs is 3. The van der Waals surface area contributed by atoms with E-state index in [0.717, 1.165) is 40.7 Å². The van der Waals surface area contributed by atoms with Crippen molar-refractivity contribution in [2.45, 2.75) is 51.6 Å². The summed E-state index contributed by atoms with van der Waals surface area (Å²) in [6, 6.07) is 6.02. The number of aryl methyl sites for hydroxylation is 4. The molecule has 0 fully saturated rings. The van der Waals surface area contributed by atoms with E-state index in [4.69, 9.17) is 4.98 Å². The van der Waals surface area contributed by atoms with Crippen molar-refractivity contribution < 1.29 is 4.79 Å². The zero-order valence-electron chi connectivity index (χ0n) is 17.0. The normalized spacial score (nSPS) is 13.5. The SMILES string of the molecule is CCNC(=O)CSc1nc2sc3c(c2c(=O)n1-c1ccc(C)c(C)c1)CCCC3. The van der Waals surface area contributed by atoms with E-state index in [-0.39, 0.29) is 17.2 Å². The minimum Gasteiger partial charge on any atom is -0.356 e. The number of amides is 1. The molecule has 152 valence electrons. The largest absolute Gasteiger partial charge is 0.356 e. The van der Waals surface area contributed by atoms with Gasteiger partial charge in [0.1, 0.15) is 4.83 Å². The molecule has 1 aliphatic carbocycles. The van der Waals surface area contributed by atoms with Crippen molar-refractivity contribution >= 4 is 39.2 Å². The number of hydrogen-bond donors (Lipinski definition) is 1. The molecular formula is C22H25N3O2S2. The van der Waals surface area contributed by atoms with Gasteiger partial charge in [0.15, 0.2) is 5.16 Å². The first kappa shape index (κ1) is 20.2. The van der Waals surface area contributed by atoms with Gasteiger partial charge in [0.2, 0.25) is 5.91 Å². The van der Waals surface area contributed by atoms with Crippen LogP contribution in [0, 0.1) is 13.8 Å². The molecule has 2 heterocycles. The Kier molecular flexibility index (Phi) is 5.79. The topological polar surface area (TPSA) is 64.0 Å².